The molecule has 0 aliphatic carbocycles. The first-order chi connectivity index (χ1) is 13.5. The van der Waals surface area contributed by atoms with E-state index >= 15 is 0 Å². The Kier molecular flexibility index (Phi) is 5.98. The molecule has 0 unspecified atom stereocenters. The Bertz CT molecular complexity index is 931. The Morgan fingerprint density at radius 2 is 1.86 bits per heavy atom. The molecule has 2 N–H and O–H groups in total. The van der Waals surface area contributed by atoms with Crippen molar-refractivity contribution in [3.63, 3.8) is 0 Å². The highest BCUT2D eigenvalue weighted by molar-refractivity contribution is 5.60. The van der Waals surface area contributed by atoms with E-state index in [4.69, 9.17) is 4.74 Å². The number of para-hydroxylation sites is 1. The summed E-state index contributed by atoms with van der Waals surface area (Å²) < 4.78 is 44.5. The highest BCUT2D eigenvalue weighted by atomic mass is 19.4. The Morgan fingerprint density at radius 1 is 1.04 bits per heavy atom. The van der Waals surface area contributed by atoms with Gasteiger partial charge in [0.15, 0.2) is 0 Å². The number of alkyl halides is 3. The topological polar surface area (TPSA) is 59.1 Å². The van der Waals surface area contributed by atoms with Crippen LogP contribution in [0, 0.1) is 0 Å². The fraction of sp³-hybridized carbons (Fsp3) is 0.200. The largest absolute Gasteiger partial charge is 0.497 e. The number of hydrogen-bond donors (Lipinski definition) is 2. The zero-order valence-corrected chi connectivity index (χ0v) is 15.1. The summed E-state index contributed by atoms with van der Waals surface area (Å²) in [6.45, 7) is 0.600. The van der Waals surface area contributed by atoms with Gasteiger partial charge in [0.25, 0.3) is 0 Å². The van der Waals surface area contributed by atoms with E-state index in [-0.39, 0.29) is 11.6 Å². The lowest BCUT2D eigenvalue weighted by Gasteiger charge is -2.14. The predicted molar refractivity (Wildman–Crippen MR) is 102 cm³/mol. The fourth-order valence-electron chi connectivity index (χ4n) is 2.64. The first kappa shape index (κ1) is 19.5. The minimum absolute atomic E-state index is 0.0862. The summed E-state index contributed by atoms with van der Waals surface area (Å²) >= 11 is 0. The third-order valence-electron chi connectivity index (χ3n) is 3.99. The standard InChI is InChI=1S/C20H19F3N4O/c1-28-15-6-4-5-14(13-15)9-11-24-18-10-12-25-19(27-18)26-17-8-3-2-7-16(17)20(21,22)23/h2-8,10,12-13H,9,11H2,1H3,(H2,24,25,26,27). The first-order valence-electron chi connectivity index (χ1n) is 8.59. The molecule has 1 aromatic heterocycles. The molecule has 3 rings (SSSR count). The van der Waals surface area contributed by atoms with Gasteiger partial charge in [-0.1, -0.05) is 24.3 Å². The van der Waals surface area contributed by atoms with Crippen molar-refractivity contribution in [3.8, 4) is 5.75 Å². The number of nitrogens with zero attached hydrogens (tertiary/aromatic N) is 2. The quantitative estimate of drug-likeness (QED) is 0.603. The summed E-state index contributed by atoms with van der Waals surface area (Å²) in [6, 6.07) is 14.6. The van der Waals surface area contributed by atoms with E-state index in [9.17, 15) is 13.2 Å². The lowest BCUT2D eigenvalue weighted by Crippen LogP contribution is -2.11. The van der Waals surface area contributed by atoms with Crippen molar-refractivity contribution >= 4 is 17.5 Å². The van der Waals surface area contributed by atoms with Crippen molar-refractivity contribution in [3.05, 3.63) is 71.9 Å². The fourth-order valence-corrected chi connectivity index (χ4v) is 2.64. The van der Waals surface area contributed by atoms with Gasteiger partial charge in [0.1, 0.15) is 11.6 Å². The number of methoxy groups -OCH3 is 1. The second-order valence-corrected chi connectivity index (χ2v) is 5.96. The average Bonchev–Trinajstić information content (AvgIpc) is 2.68. The minimum Gasteiger partial charge on any atom is -0.497 e. The molecule has 0 aliphatic heterocycles. The Morgan fingerprint density at radius 3 is 2.64 bits per heavy atom. The first-order valence-corrected chi connectivity index (χ1v) is 8.59. The summed E-state index contributed by atoms with van der Waals surface area (Å²) in [4.78, 5) is 8.23. The molecule has 0 spiro atoms. The van der Waals surface area contributed by atoms with Crippen LogP contribution < -0.4 is 15.4 Å². The molecule has 0 saturated carbocycles. The summed E-state index contributed by atoms with van der Waals surface area (Å²) in [7, 11) is 1.61. The van der Waals surface area contributed by atoms with Crippen LogP contribution in [-0.2, 0) is 12.6 Å². The molecular formula is C20H19F3N4O. The summed E-state index contributed by atoms with van der Waals surface area (Å²) in [5.41, 5.74) is 0.233. The van der Waals surface area contributed by atoms with Gasteiger partial charge in [-0.05, 0) is 42.3 Å². The molecule has 1 heterocycles. The van der Waals surface area contributed by atoms with Crippen LogP contribution in [0.2, 0.25) is 0 Å². The second kappa shape index (κ2) is 8.60. The number of rotatable bonds is 7. The molecule has 0 fully saturated rings. The Labute approximate surface area is 160 Å². The lowest BCUT2D eigenvalue weighted by molar-refractivity contribution is -0.136. The molecule has 0 amide bonds. The minimum atomic E-state index is -4.46. The SMILES string of the molecule is COc1cccc(CCNc2ccnc(Nc3ccccc3C(F)(F)F)n2)c1. The maximum Gasteiger partial charge on any atom is 0.418 e. The van der Waals surface area contributed by atoms with Gasteiger partial charge in [-0.2, -0.15) is 18.2 Å². The number of halogens is 3. The number of benzene rings is 2. The van der Waals surface area contributed by atoms with Crippen LogP contribution in [0.3, 0.4) is 0 Å². The molecular weight excluding hydrogens is 369 g/mol. The molecule has 2 aromatic carbocycles. The molecule has 0 atom stereocenters. The molecule has 146 valence electrons. The van der Waals surface area contributed by atoms with E-state index in [1.54, 1.807) is 13.2 Å². The van der Waals surface area contributed by atoms with Gasteiger partial charge < -0.3 is 15.4 Å². The van der Waals surface area contributed by atoms with E-state index in [0.717, 1.165) is 23.8 Å². The number of anilines is 3. The van der Waals surface area contributed by atoms with Crippen LogP contribution in [0.25, 0.3) is 0 Å². The normalized spacial score (nSPS) is 11.1. The highest BCUT2D eigenvalue weighted by Gasteiger charge is 2.33. The van der Waals surface area contributed by atoms with E-state index in [1.807, 2.05) is 24.3 Å². The molecule has 0 saturated heterocycles. The van der Waals surface area contributed by atoms with Crippen molar-refractivity contribution < 1.29 is 17.9 Å². The van der Waals surface area contributed by atoms with Gasteiger partial charge in [-0.3, -0.25) is 0 Å². The second-order valence-electron chi connectivity index (χ2n) is 5.96. The van der Waals surface area contributed by atoms with E-state index in [2.05, 4.69) is 20.6 Å². The van der Waals surface area contributed by atoms with Crippen LogP contribution in [0.15, 0.2) is 60.8 Å². The molecule has 0 bridgehead atoms. The van der Waals surface area contributed by atoms with E-state index in [1.165, 1.54) is 24.4 Å². The third kappa shape index (κ3) is 5.12. The lowest BCUT2D eigenvalue weighted by atomic mass is 10.1. The van der Waals surface area contributed by atoms with Gasteiger partial charge in [0.2, 0.25) is 5.95 Å². The van der Waals surface area contributed by atoms with Crippen molar-refractivity contribution in [1.29, 1.82) is 0 Å². The maximum absolute atomic E-state index is 13.1. The van der Waals surface area contributed by atoms with Crippen LogP contribution in [0.5, 0.6) is 5.75 Å². The predicted octanol–water partition coefficient (Wildman–Crippen LogP) is 4.90. The molecule has 8 heteroatoms. The zero-order chi connectivity index (χ0) is 20.0. The molecule has 0 aliphatic rings. The van der Waals surface area contributed by atoms with Crippen molar-refractivity contribution in [2.45, 2.75) is 12.6 Å². The Hall–Kier alpha value is -3.29. The molecule has 0 radical (unpaired) electrons. The van der Waals surface area contributed by atoms with Crippen LogP contribution in [0.4, 0.5) is 30.6 Å². The third-order valence-corrected chi connectivity index (χ3v) is 3.99. The van der Waals surface area contributed by atoms with Gasteiger partial charge >= 0.3 is 6.18 Å². The summed E-state index contributed by atoms with van der Waals surface area (Å²) in [5, 5.41) is 5.79. The van der Waals surface area contributed by atoms with Gasteiger partial charge in [0.05, 0.1) is 18.4 Å². The average molecular weight is 388 g/mol. The Balaban J connectivity index is 1.65. The number of nitrogens with one attached hydrogen (secondary N) is 2. The smallest absolute Gasteiger partial charge is 0.418 e. The molecule has 28 heavy (non-hydrogen) atoms. The molecule has 5 nitrogen and oxygen atoms in total. The van der Waals surface area contributed by atoms with Crippen LogP contribution >= 0.6 is 0 Å². The van der Waals surface area contributed by atoms with Crippen molar-refractivity contribution in [1.82, 2.24) is 9.97 Å². The van der Waals surface area contributed by atoms with Crippen molar-refractivity contribution in [2.24, 2.45) is 0 Å². The van der Waals surface area contributed by atoms with Crippen molar-refractivity contribution in [2.75, 3.05) is 24.3 Å². The van der Waals surface area contributed by atoms with Gasteiger partial charge in [-0.25, -0.2) is 4.98 Å². The number of ether oxygens (including phenoxy) is 1. The summed E-state index contributed by atoms with van der Waals surface area (Å²) in [5.74, 6) is 1.39. The molecule has 3 aromatic rings. The summed E-state index contributed by atoms with van der Waals surface area (Å²) in [6.07, 6.45) is -2.24. The number of hydrogen-bond acceptors (Lipinski definition) is 5. The number of aromatic nitrogens is 2. The van der Waals surface area contributed by atoms with E-state index in [0.29, 0.717) is 12.4 Å². The zero-order valence-electron chi connectivity index (χ0n) is 15.1. The van der Waals surface area contributed by atoms with Gasteiger partial charge in [0, 0.05) is 12.7 Å². The van der Waals surface area contributed by atoms with E-state index < -0.39 is 11.7 Å². The highest BCUT2D eigenvalue weighted by Crippen LogP contribution is 2.35. The monoisotopic (exact) mass is 388 g/mol. The van der Waals surface area contributed by atoms with Crippen LogP contribution in [-0.4, -0.2) is 23.6 Å². The van der Waals surface area contributed by atoms with Gasteiger partial charge in [-0.15, -0.1) is 0 Å². The maximum atomic E-state index is 13.1. The van der Waals surface area contributed by atoms with Crippen LogP contribution in [0.1, 0.15) is 11.1 Å².